The number of anilines is 1. The first-order valence-electron chi connectivity index (χ1n) is 9.08. The van der Waals surface area contributed by atoms with Crippen LogP contribution in [-0.4, -0.2) is 53.9 Å². The Balaban J connectivity index is 1.45. The summed E-state index contributed by atoms with van der Waals surface area (Å²) in [6, 6.07) is 5.27. The van der Waals surface area contributed by atoms with Crippen molar-refractivity contribution in [1.82, 2.24) is 20.5 Å². The third-order valence-corrected chi connectivity index (χ3v) is 4.45. The van der Waals surface area contributed by atoms with Crippen molar-refractivity contribution in [1.29, 1.82) is 0 Å². The van der Waals surface area contributed by atoms with Crippen LogP contribution >= 0.6 is 0 Å². The average molecular weight is 371 g/mol. The molecule has 0 aromatic carbocycles. The van der Waals surface area contributed by atoms with Crippen molar-refractivity contribution in [2.75, 3.05) is 31.5 Å². The highest BCUT2D eigenvalue weighted by atomic mass is 16.3. The number of hydrogen-bond acceptors (Lipinski definition) is 6. The van der Waals surface area contributed by atoms with Gasteiger partial charge in [-0.05, 0) is 30.7 Å². The van der Waals surface area contributed by atoms with Gasteiger partial charge < -0.3 is 20.4 Å². The molecule has 0 radical (unpaired) electrons. The highest BCUT2D eigenvalue weighted by Crippen LogP contribution is 2.14. The third kappa shape index (κ3) is 5.55. The molecule has 0 spiro atoms. The van der Waals surface area contributed by atoms with E-state index in [2.05, 4.69) is 20.9 Å². The summed E-state index contributed by atoms with van der Waals surface area (Å²) in [5.41, 5.74) is 2.11. The van der Waals surface area contributed by atoms with Crippen LogP contribution in [0.4, 0.5) is 5.82 Å². The fraction of sp³-hybridized carbons (Fsp3) is 0.421. The first-order valence-corrected chi connectivity index (χ1v) is 9.08. The summed E-state index contributed by atoms with van der Waals surface area (Å²) in [4.78, 5) is 30.8. The van der Waals surface area contributed by atoms with Crippen molar-refractivity contribution in [3.63, 3.8) is 0 Å². The first kappa shape index (κ1) is 18.9. The summed E-state index contributed by atoms with van der Waals surface area (Å²) in [5, 5.41) is 8.86. The summed E-state index contributed by atoms with van der Waals surface area (Å²) in [5.74, 6) is 0.525. The van der Waals surface area contributed by atoms with Crippen molar-refractivity contribution in [2.45, 2.75) is 25.9 Å². The van der Waals surface area contributed by atoms with Gasteiger partial charge in [-0.2, -0.15) is 0 Å². The van der Waals surface area contributed by atoms with Crippen LogP contribution in [0.3, 0.4) is 0 Å². The molecule has 2 aromatic heterocycles. The number of nitrogens with zero attached hydrogens (tertiary/aromatic N) is 2. The standard InChI is InChI=1S/C19H25N5O3/c1-14-2-4-20-17(10-14)21-5-6-22-18(25)11-16-19(26)23-7-8-24(16)12-15-3-9-27-13-15/h2-4,9-10,13,16H,5-8,11-12H2,1H3,(H,20,21)(H,22,25)(H,23,26)/t16-/m0/s1. The highest BCUT2D eigenvalue weighted by Gasteiger charge is 2.31. The monoisotopic (exact) mass is 371 g/mol. The number of carbonyl (C=O) groups excluding carboxylic acids is 2. The second kappa shape index (κ2) is 9.18. The molecule has 2 aromatic rings. The lowest BCUT2D eigenvalue weighted by atomic mass is 10.1. The fourth-order valence-electron chi connectivity index (χ4n) is 3.06. The Morgan fingerprint density at radius 1 is 1.41 bits per heavy atom. The van der Waals surface area contributed by atoms with Crippen molar-refractivity contribution < 1.29 is 14.0 Å². The van der Waals surface area contributed by atoms with Gasteiger partial charge in [0, 0.05) is 44.5 Å². The predicted octanol–water partition coefficient (Wildman–Crippen LogP) is 0.902. The molecule has 8 nitrogen and oxygen atoms in total. The van der Waals surface area contributed by atoms with Gasteiger partial charge in [-0.1, -0.05) is 0 Å². The van der Waals surface area contributed by atoms with E-state index in [1.54, 1.807) is 18.7 Å². The zero-order chi connectivity index (χ0) is 19.1. The van der Waals surface area contributed by atoms with Gasteiger partial charge in [0.05, 0.1) is 25.0 Å². The van der Waals surface area contributed by atoms with Crippen LogP contribution in [0.2, 0.25) is 0 Å². The van der Waals surface area contributed by atoms with Crippen LogP contribution in [0.15, 0.2) is 41.3 Å². The Bertz CT molecular complexity index is 762. The second-order valence-corrected chi connectivity index (χ2v) is 6.61. The minimum atomic E-state index is -0.472. The Hall–Kier alpha value is -2.87. The Morgan fingerprint density at radius 3 is 3.07 bits per heavy atom. The summed E-state index contributed by atoms with van der Waals surface area (Å²) in [7, 11) is 0. The third-order valence-electron chi connectivity index (χ3n) is 4.45. The van der Waals surface area contributed by atoms with Gasteiger partial charge >= 0.3 is 0 Å². The molecule has 1 aliphatic heterocycles. The van der Waals surface area contributed by atoms with Crippen LogP contribution in [0.5, 0.6) is 0 Å². The van der Waals surface area contributed by atoms with E-state index >= 15 is 0 Å². The van der Waals surface area contributed by atoms with Gasteiger partial charge in [0.2, 0.25) is 11.8 Å². The van der Waals surface area contributed by atoms with E-state index in [0.717, 1.165) is 16.9 Å². The molecule has 8 heteroatoms. The second-order valence-electron chi connectivity index (χ2n) is 6.61. The van der Waals surface area contributed by atoms with Crippen molar-refractivity contribution >= 4 is 17.6 Å². The predicted molar refractivity (Wildman–Crippen MR) is 101 cm³/mol. The maximum atomic E-state index is 12.3. The van der Waals surface area contributed by atoms with Gasteiger partial charge in [0.25, 0.3) is 0 Å². The number of amides is 2. The lowest BCUT2D eigenvalue weighted by molar-refractivity contribution is -0.134. The molecule has 3 N–H and O–H groups in total. The van der Waals surface area contributed by atoms with E-state index in [0.29, 0.717) is 32.7 Å². The number of carbonyl (C=O) groups is 2. The number of aryl methyl sites for hydroxylation is 1. The van der Waals surface area contributed by atoms with Gasteiger partial charge in [0.15, 0.2) is 0 Å². The summed E-state index contributed by atoms with van der Waals surface area (Å²) >= 11 is 0. The highest BCUT2D eigenvalue weighted by molar-refractivity contribution is 5.88. The topological polar surface area (TPSA) is 99.5 Å². The number of furan rings is 1. The molecule has 27 heavy (non-hydrogen) atoms. The maximum Gasteiger partial charge on any atom is 0.237 e. The molecule has 0 saturated carbocycles. The lowest BCUT2D eigenvalue weighted by Gasteiger charge is -2.34. The van der Waals surface area contributed by atoms with E-state index in [1.165, 1.54) is 0 Å². The number of hydrogen-bond donors (Lipinski definition) is 3. The Kier molecular flexibility index (Phi) is 6.43. The molecule has 1 atom stereocenters. The smallest absolute Gasteiger partial charge is 0.237 e. The number of pyridine rings is 1. The van der Waals surface area contributed by atoms with Crippen LogP contribution in [0.1, 0.15) is 17.5 Å². The largest absolute Gasteiger partial charge is 0.472 e. The molecule has 1 fully saturated rings. The zero-order valence-electron chi connectivity index (χ0n) is 15.4. The zero-order valence-corrected chi connectivity index (χ0v) is 15.4. The molecular formula is C19H25N5O3. The molecular weight excluding hydrogens is 346 g/mol. The number of aromatic nitrogens is 1. The van der Waals surface area contributed by atoms with Crippen LogP contribution in [0.25, 0.3) is 0 Å². The van der Waals surface area contributed by atoms with Gasteiger partial charge in [-0.15, -0.1) is 0 Å². The molecule has 0 aliphatic carbocycles. The molecule has 0 unspecified atom stereocenters. The van der Waals surface area contributed by atoms with Gasteiger partial charge in [0.1, 0.15) is 5.82 Å². The van der Waals surface area contributed by atoms with E-state index < -0.39 is 6.04 Å². The van der Waals surface area contributed by atoms with E-state index in [9.17, 15) is 9.59 Å². The molecule has 0 bridgehead atoms. The summed E-state index contributed by atoms with van der Waals surface area (Å²) in [6.07, 6.45) is 5.14. The Morgan fingerprint density at radius 2 is 2.30 bits per heavy atom. The van der Waals surface area contributed by atoms with Crippen molar-refractivity contribution in [2.24, 2.45) is 0 Å². The average Bonchev–Trinajstić information content (AvgIpc) is 3.15. The number of rotatable bonds is 8. The SMILES string of the molecule is Cc1ccnc(NCCNC(=O)C[C@H]2C(=O)NCCN2Cc2ccoc2)c1. The van der Waals surface area contributed by atoms with Crippen LogP contribution in [0, 0.1) is 6.92 Å². The number of nitrogens with one attached hydrogen (secondary N) is 3. The summed E-state index contributed by atoms with van der Waals surface area (Å²) in [6.45, 7) is 4.90. The summed E-state index contributed by atoms with van der Waals surface area (Å²) < 4.78 is 5.09. The van der Waals surface area contributed by atoms with Crippen LogP contribution < -0.4 is 16.0 Å². The molecule has 1 aliphatic rings. The lowest BCUT2D eigenvalue weighted by Crippen LogP contribution is -2.56. The van der Waals surface area contributed by atoms with E-state index in [-0.39, 0.29) is 18.2 Å². The minimum absolute atomic E-state index is 0.109. The normalized spacial score (nSPS) is 17.4. The van der Waals surface area contributed by atoms with Gasteiger partial charge in [-0.3, -0.25) is 14.5 Å². The quantitative estimate of drug-likeness (QED) is 0.597. The molecule has 1 saturated heterocycles. The van der Waals surface area contributed by atoms with Crippen LogP contribution in [-0.2, 0) is 16.1 Å². The number of piperazine rings is 1. The van der Waals surface area contributed by atoms with E-state index in [4.69, 9.17) is 4.42 Å². The molecule has 3 heterocycles. The van der Waals surface area contributed by atoms with E-state index in [1.807, 2.05) is 30.0 Å². The maximum absolute atomic E-state index is 12.3. The molecule has 3 rings (SSSR count). The minimum Gasteiger partial charge on any atom is -0.472 e. The molecule has 2 amide bonds. The van der Waals surface area contributed by atoms with Gasteiger partial charge in [-0.25, -0.2) is 4.98 Å². The first-order chi connectivity index (χ1) is 13.1. The molecule has 144 valence electrons. The Labute approximate surface area is 158 Å². The van der Waals surface area contributed by atoms with Crippen molar-refractivity contribution in [3.8, 4) is 0 Å². The van der Waals surface area contributed by atoms with Crippen molar-refractivity contribution in [3.05, 3.63) is 48.0 Å². The fourth-order valence-corrected chi connectivity index (χ4v) is 3.06.